The fourth-order valence-corrected chi connectivity index (χ4v) is 2.90. The summed E-state index contributed by atoms with van der Waals surface area (Å²) in [4.78, 5) is 0. The van der Waals surface area contributed by atoms with Gasteiger partial charge in [-0.15, -0.1) is 0 Å². The number of halogens is 2. The van der Waals surface area contributed by atoms with Gasteiger partial charge in [-0.05, 0) is 49.4 Å². The molecule has 0 spiro atoms. The maximum atomic E-state index is 14.0. The van der Waals surface area contributed by atoms with Gasteiger partial charge in [-0.2, -0.15) is 0 Å². The van der Waals surface area contributed by atoms with Gasteiger partial charge in [0.15, 0.2) is 17.4 Å². The van der Waals surface area contributed by atoms with Crippen LogP contribution < -0.4 is 9.47 Å². The van der Waals surface area contributed by atoms with Crippen LogP contribution >= 0.6 is 0 Å². The Kier molecular flexibility index (Phi) is 7.05. The summed E-state index contributed by atoms with van der Waals surface area (Å²) in [5.74, 6) is -0.883. The van der Waals surface area contributed by atoms with Crippen LogP contribution in [-0.2, 0) is 6.42 Å². The molecule has 0 bridgehead atoms. The van der Waals surface area contributed by atoms with E-state index in [1.807, 2.05) is 43.3 Å². The number of allylic oxidation sites excluding steroid dienone is 1. The van der Waals surface area contributed by atoms with Crippen LogP contribution in [-0.4, -0.2) is 13.7 Å². The average molecular weight is 362 g/mol. The zero-order valence-electron chi connectivity index (χ0n) is 16.3. The number of hydrogen-bond donors (Lipinski definition) is 0. The molecule has 1 unspecified atom stereocenters. The largest absolute Gasteiger partial charge is 0.493 e. The third-order valence-corrected chi connectivity index (χ3v) is 4.10. The van der Waals surface area contributed by atoms with Gasteiger partial charge < -0.3 is 9.47 Å². The van der Waals surface area contributed by atoms with Crippen LogP contribution in [0.15, 0.2) is 42.5 Å². The van der Waals surface area contributed by atoms with Crippen molar-refractivity contribution >= 4 is 6.08 Å². The first-order valence-corrected chi connectivity index (χ1v) is 8.80. The van der Waals surface area contributed by atoms with Crippen molar-refractivity contribution in [2.45, 2.75) is 33.1 Å². The summed E-state index contributed by atoms with van der Waals surface area (Å²) in [6, 6.07) is 10.4. The zero-order chi connectivity index (χ0) is 19.6. The average Bonchev–Trinajstić information content (AvgIpc) is 2.65. The molecule has 2 aromatic carbocycles. The van der Waals surface area contributed by atoms with Gasteiger partial charge in [0.1, 0.15) is 5.75 Å². The van der Waals surface area contributed by atoms with Crippen molar-refractivity contribution in [3.8, 4) is 11.5 Å². The van der Waals surface area contributed by atoms with E-state index in [1.54, 1.807) is 0 Å². The maximum absolute atomic E-state index is 14.0. The fourth-order valence-electron chi connectivity index (χ4n) is 2.90. The second-order valence-electron chi connectivity index (χ2n) is 6.03. The predicted molar refractivity (Wildman–Crippen MR) is 102 cm³/mol. The summed E-state index contributed by atoms with van der Waals surface area (Å²) in [5.41, 5.74) is 1.53. The molecule has 0 aliphatic carbocycles. The Morgan fingerprint density at radius 2 is 1.92 bits per heavy atom. The minimum atomic E-state index is -0.697. The molecule has 140 valence electrons. The number of benzene rings is 2. The van der Waals surface area contributed by atoms with Gasteiger partial charge >= 0.3 is 0 Å². The van der Waals surface area contributed by atoms with Crippen LogP contribution in [0.3, 0.4) is 0 Å². The van der Waals surface area contributed by atoms with Crippen molar-refractivity contribution in [2.24, 2.45) is 5.92 Å². The molecular formula is C22H26F2O2. The van der Waals surface area contributed by atoms with Crippen LogP contribution in [0, 0.1) is 17.6 Å². The molecule has 2 nitrogen and oxygen atoms in total. The summed E-state index contributed by atoms with van der Waals surface area (Å²) >= 11 is 0. The van der Waals surface area contributed by atoms with Gasteiger partial charge in [0.2, 0.25) is 0 Å². The lowest BCUT2D eigenvalue weighted by Gasteiger charge is -2.14. The van der Waals surface area contributed by atoms with E-state index in [2.05, 4.69) is 0 Å². The highest BCUT2D eigenvalue weighted by Gasteiger charge is 2.14. The number of para-hydroxylation sites is 1. The van der Waals surface area contributed by atoms with Gasteiger partial charge in [0.05, 0.1) is 13.7 Å². The molecule has 0 aliphatic heterocycles. The topological polar surface area (TPSA) is 18.5 Å². The van der Waals surface area contributed by atoms with E-state index in [9.17, 15) is 8.78 Å². The van der Waals surface area contributed by atoms with Crippen molar-refractivity contribution in [1.82, 2.24) is 0 Å². The number of hydrogen-bond acceptors (Lipinski definition) is 2. The summed E-state index contributed by atoms with van der Waals surface area (Å²) < 4.78 is 45.7. The van der Waals surface area contributed by atoms with E-state index < -0.39 is 11.6 Å². The molecule has 0 aromatic heterocycles. The molecule has 26 heavy (non-hydrogen) atoms. The normalized spacial score (nSPS) is 12.8. The minimum absolute atomic E-state index is 0.0669. The second kappa shape index (κ2) is 9.95. The van der Waals surface area contributed by atoms with Gasteiger partial charge in [-0.25, -0.2) is 8.78 Å². The Balaban J connectivity index is 2.21. The maximum Gasteiger partial charge on any atom is 0.190 e. The van der Waals surface area contributed by atoms with Gasteiger partial charge in [0.25, 0.3) is 0 Å². The summed E-state index contributed by atoms with van der Waals surface area (Å²) in [7, 11) is 1.25. The molecule has 2 rings (SSSR count). The Morgan fingerprint density at radius 1 is 1.19 bits per heavy atom. The highest BCUT2D eigenvalue weighted by molar-refractivity contribution is 5.57. The van der Waals surface area contributed by atoms with Crippen molar-refractivity contribution in [1.29, 1.82) is 0 Å². The molecule has 0 saturated heterocycles. The molecule has 0 fully saturated rings. The molecule has 1 atom stereocenters. The van der Waals surface area contributed by atoms with E-state index in [0.29, 0.717) is 25.5 Å². The fraction of sp³-hybridized carbons (Fsp3) is 0.364. The van der Waals surface area contributed by atoms with Crippen LogP contribution in [0.2, 0.25) is 0 Å². The third-order valence-electron chi connectivity index (χ3n) is 4.10. The number of rotatable bonds is 9. The van der Waals surface area contributed by atoms with Gasteiger partial charge in [0, 0.05) is 6.93 Å². The quantitative estimate of drug-likeness (QED) is 0.541. The van der Waals surface area contributed by atoms with Crippen LogP contribution in [0.4, 0.5) is 8.78 Å². The molecule has 0 amide bonds. The Labute approximate surface area is 155 Å². The van der Waals surface area contributed by atoms with E-state index in [1.165, 1.54) is 19.2 Å². The molecule has 4 heteroatoms. The van der Waals surface area contributed by atoms with Gasteiger partial charge in [-0.3, -0.25) is 0 Å². The highest BCUT2D eigenvalue weighted by atomic mass is 19.1. The zero-order valence-corrected chi connectivity index (χ0v) is 15.3. The lowest BCUT2D eigenvalue weighted by Crippen LogP contribution is -2.03. The van der Waals surface area contributed by atoms with E-state index in [0.717, 1.165) is 24.2 Å². The molecule has 0 radical (unpaired) electrons. The van der Waals surface area contributed by atoms with Crippen molar-refractivity contribution < 1.29 is 19.6 Å². The molecule has 0 aliphatic rings. The van der Waals surface area contributed by atoms with Gasteiger partial charge in [-0.1, -0.05) is 43.7 Å². The van der Waals surface area contributed by atoms with Crippen LogP contribution in [0.1, 0.15) is 39.2 Å². The predicted octanol–water partition coefficient (Wildman–Crippen LogP) is 6.04. The van der Waals surface area contributed by atoms with Crippen molar-refractivity contribution in [3.05, 3.63) is 65.2 Å². The Hall–Kier alpha value is -2.36. The second-order valence-corrected chi connectivity index (χ2v) is 6.03. The van der Waals surface area contributed by atoms with E-state index in [4.69, 9.17) is 10.8 Å². The summed E-state index contributed by atoms with van der Waals surface area (Å²) in [6.07, 6.45) is 6.00. The molecule has 0 heterocycles. The first-order chi connectivity index (χ1) is 13.1. The first kappa shape index (κ1) is 18.4. The van der Waals surface area contributed by atoms with E-state index in [-0.39, 0.29) is 11.7 Å². The SMILES string of the molecule is [3H]CCCC(/C=C/c1ccccc1OCC)Cc1cc(F)c(OC)c(F)c1. The molecule has 0 N–H and O–H groups in total. The van der Waals surface area contributed by atoms with Crippen LogP contribution in [0.5, 0.6) is 11.5 Å². The smallest absolute Gasteiger partial charge is 0.190 e. The number of ether oxygens (including phenoxy) is 2. The van der Waals surface area contributed by atoms with E-state index >= 15 is 0 Å². The summed E-state index contributed by atoms with van der Waals surface area (Å²) in [5, 5.41) is 0. The summed E-state index contributed by atoms with van der Waals surface area (Å²) in [6.45, 7) is 2.84. The Bertz CT molecular complexity index is 739. The lowest BCUT2D eigenvalue weighted by atomic mass is 9.93. The van der Waals surface area contributed by atoms with Crippen molar-refractivity contribution in [2.75, 3.05) is 13.7 Å². The minimum Gasteiger partial charge on any atom is -0.493 e. The third kappa shape index (κ3) is 5.32. The molecule has 0 saturated carbocycles. The highest BCUT2D eigenvalue weighted by Crippen LogP contribution is 2.26. The standard InChI is InChI=1S/C22H26F2O2/c1-4-8-16(11-12-18-9-6-7-10-21(18)26-5-2)13-17-14-19(23)22(25-3)20(24)15-17/h6-7,9-12,14-16H,4-5,8,13H2,1-3H3/b12-11+/i1T. The number of methoxy groups -OCH3 is 1. The monoisotopic (exact) mass is 362 g/mol. The molecular weight excluding hydrogens is 334 g/mol. The lowest BCUT2D eigenvalue weighted by molar-refractivity contribution is 0.339. The Morgan fingerprint density at radius 3 is 2.58 bits per heavy atom. The van der Waals surface area contributed by atoms with Crippen LogP contribution in [0.25, 0.3) is 6.08 Å². The van der Waals surface area contributed by atoms with Crippen molar-refractivity contribution in [3.63, 3.8) is 0 Å². The molecule has 2 aromatic rings. The first-order valence-electron chi connectivity index (χ1n) is 9.50.